The van der Waals surface area contributed by atoms with Gasteiger partial charge in [0.15, 0.2) is 0 Å². The van der Waals surface area contributed by atoms with Crippen LogP contribution in [0.15, 0.2) is 146 Å². The lowest BCUT2D eigenvalue weighted by atomic mass is 9.99. The molecule has 39 heavy (non-hydrogen) atoms. The van der Waals surface area contributed by atoms with E-state index in [1.165, 1.54) is 54.0 Å². The van der Waals surface area contributed by atoms with Crippen molar-refractivity contribution in [1.29, 1.82) is 0 Å². The van der Waals surface area contributed by atoms with Crippen LogP contribution < -0.4 is 9.80 Å². The Labute approximate surface area is 231 Å². The van der Waals surface area contributed by atoms with Crippen LogP contribution in [0.2, 0.25) is 0 Å². The van der Waals surface area contributed by atoms with E-state index >= 15 is 0 Å². The van der Waals surface area contributed by atoms with Crippen molar-refractivity contribution >= 4 is 65.6 Å². The lowest BCUT2D eigenvalue weighted by Crippen LogP contribution is -2.23. The Kier molecular flexibility index (Phi) is 5.04. The average molecular weight is 517 g/mol. The van der Waals surface area contributed by atoms with Crippen LogP contribution in [0.4, 0.5) is 34.1 Å². The summed E-state index contributed by atoms with van der Waals surface area (Å²) >= 11 is 1.87. The third-order valence-electron chi connectivity index (χ3n) is 7.56. The van der Waals surface area contributed by atoms with E-state index in [9.17, 15) is 0 Å². The fourth-order valence-corrected chi connectivity index (χ4v) is 7.00. The van der Waals surface area contributed by atoms with Crippen molar-refractivity contribution in [2.24, 2.45) is 0 Å². The van der Waals surface area contributed by atoms with Gasteiger partial charge in [0.1, 0.15) is 0 Å². The Bertz CT molecular complexity index is 1930. The van der Waals surface area contributed by atoms with E-state index < -0.39 is 0 Å². The molecule has 0 fully saturated rings. The number of hydrogen-bond acceptors (Lipinski definition) is 3. The van der Waals surface area contributed by atoms with Gasteiger partial charge in [-0.15, -0.1) is 11.3 Å². The molecule has 0 unspecified atom stereocenters. The molecule has 0 amide bonds. The van der Waals surface area contributed by atoms with E-state index in [-0.39, 0.29) is 0 Å². The first-order valence-corrected chi connectivity index (χ1v) is 14.0. The van der Waals surface area contributed by atoms with Gasteiger partial charge in [-0.1, -0.05) is 84.9 Å². The van der Waals surface area contributed by atoms with Crippen LogP contribution in [-0.4, -0.2) is 0 Å². The second-order valence-electron chi connectivity index (χ2n) is 9.81. The van der Waals surface area contributed by atoms with Crippen LogP contribution in [0.3, 0.4) is 0 Å². The maximum atomic E-state index is 2.41. The standard InChI is InChI=1S/C36H24N2S/c1-3-12-25(13-4-1)28-16-11-21-35-36(28)29-24-27(22-23-34(29)39-35)38-32-19-9-7-17-30(32)37(26-14-5-2-6-15-26)31-18-8-10-20-33(31)38/h1-24H. The summed E-state index contributed by atoms with van der Waals surface area (Å²) in [5, 5.41) is 2.63. The molecule has 2 heterocycles. The molecule has 0 radical (unpaired) electrons. The first kappa shape index (κ1) is 22.2. The molecule has 1 aliphatic heterocycles. The van der Waals surface area contributed by atoms with Crippen molar-refractivity contribution < 1.29 is 0 Å². The lowest BCUT2D eigenvalue weighted by Gasteiger charge is -2.40. The summed E-state index contributed by atoms with van der Waals surface area (Å²) in [6.45, 7) is 0. The van der Waals surface area contributed by atoms with Gasteiger partial charge in [0.2, 0.25) is 0 Å². The first-order chi connectivity index (χ1) is 19.4. The molecule has 1 aliphatic rings. The molecule has 8 rings (SSSR count). The van der Waals surface area contributed by atoms with E-state index in [1.807, 2.05) is 11.3 Å². The summed E-state index contributed by atoms with van der Waals surface area (Å²) in [4.78, 5) is 4.78. The van der Waals surface area contributed by atoms with Crippen molar-refractivity contribution in [3.05, 3.63) is 146 Å². The molecule has 0 aliphatic carbocycles. The predicted molar refractivity (Wildman–Crippen MR) is 168 cm³/mol. The molecule has 0 atom stereocenters. The number of rotatable bonds is 3. The molecular formula is C36H24N2S. The Hall–Kier alpha value is -4.86. The summed E-state index contributed by atoms with van der Waals surface area (Å²) in [6, 6.07) is 52.4. The van der Waals surface area contributed by atoms with Crippen LogP contribution in [0.25, 0.3) is 31.3 Å². The minimum Gasteiger partial charge on any atom is -0.306 e. The Balaban J connectivity index is 1.38. The molecule has 0 saturated carbocycles. The van der Waals surface area contributed by atoms with Gasteiger partial charge < -0.3 is 9.80 Å². The Morgan fingerprint density at radius 2 is 0.974 bits per heavy atom. The third kappa shape index (κ3) is 3.48. The lowest BCUT2D eigenvalue weighted by molar-refractivity contribution is 1.17. The molecular weight excluding hydrogens is 492 g/mol. The van der Waals surface area contributed by atoms with Gasteiger partial charge in [0.05, 0.1) is 22.7 Å². The molecule has 3 heteroatoms. The first-order valence-electron chi connectivity index (χ1n) is 13.2. The van der Waals surface area contributed by atoms with Gasteiger partial charge in [-0.2, -0.15) is 0 Å². The number of fused-ring (bicyclic) bond motifs is 5. The smallest absolute Gasteiger partial charge is 0.0703 e. The van der Waals surface area contributed by atoms with Crippen LogP contribution in [0, 0.1) is 0 Å². The van der Waals surface area contributed by atoms with E-state index in [1.54, 1.807) is 0 Å². The largest absolute Gasteiger partial charge is 0.306 e. The minimum absolute atomic E-state index is 1.16. The topological polar surface area (TPSA) is 6.48 Å². The average Bonchev–Trinajstić information content (AvgIpc) is 3.39. The highest BCUT2D eigenvalue weighted by atomic mass is 32.1. The fourth-order valence-electron chi connectivity index (χ4n) is 5.89. The predicted octanol–water partition coefficient (Wildman–Crippen LogP) is 11.0. The summed E-state index contributed by atoms with van der Waals surface area (Å²) in [7, 11) is 0. The molecule has 0 spiro atoms. The monoisotopic (exact) mass is 516 g/mol. The molecule has 7 aromatic rings. The Morgan fingerprint density at radius 3 is 1.62 bits per heavy atom. The highest BCUT2D eigenvalue weighted by Gasteiger charge is 2.30. The van der Waals surface area contributed by atoms with Crippen LogP contribution in [0.5, 0.6) is 0 Å². The van der Waals surface area contributed by atoms with Gasteiger partial charge in [-0.3, -0.25) is 0 Å². The minimum atomic E-state index is 1.16. The second kappa shape index (κ2) is 8.87. The van der Waals surface area contributed by atoms with E-state index in [4.69, 9.17) is 0 Å². The number of thiophene rings is 1. The summed E-state index contributed by atoms with van der Waals surface area (Å²) in [6.07, 6.45) is 0. The summed E-state index contributed by atoms with van der Waals surface area (Å²) in [5.74, 6) is 0. The maximum Gasteiger partial charge on any atom is 0.0703 e. The number of benzene rings is 6. The van der Waals surface area contributed by atoms with Gasteiger partial charge in [-0.05, 0) is 71.8 Å². The van der Waals surface area contributed by atoms with Crippen molar-refractivity contribution in [3.63, 3.8) is 0 Å². The number of para-hydroxylation sites is 5. The van der Waals surface area contributed by atoms with E-state index in [0.29, 0.717) is 0 Å². The van der Waals surface area contributed by atoms with Gasteiger partial charge in [0.25, 0.3) is 0 Å². The second-order valence-corrected chi connectivity index (χ2v) is 10.9. The molecule has 0 saturated heterocycles. The molecule has 1 aromatic heterocycles. The van der Waals surface area contributed by atoms with Crippen molar-refractivity contribution in [2.75, 3.05) is 9.80 Å². The molecule has 6 aromatic carbocycles. The fraction of sp³-hybridized carbons (Fsp3) is 0. The maximum absolute atomic E-state index is 2.41. The molecule has 2 nitrogen and oxygen atoms in total. The van der Waals surface area contributed by atoms with Crippen molar-refractivity contribution in [3.8, 4) is 11.1 Å². The molecule has 184 valence electrons. The van der Waals surface area contributed by atoms with Crippen molar-refractivity contribution in [1.82, 2.24) is 0 Å². The highest BCUT2D eigenvalue weighted by molar-refractivity contribution is 7.26. The van der Waals surface area contributed by atoms with Crippen LogP contribution >= 0.6 is 11.3 Å². The van der Waals surface area contributed by atoms with E-state index in [2.05, 4.69) is 155 Å². The number of nitrogens with zero attached hydrogens (tertiary/aromatic N) is 2. The van der Waals surface area contributed by atoms with Crippen LogP contribution in [0.1, 0.15) is 0 Å². The quantitative estimate of drug-likeness (QED) is 0.230. The van der Waals surface area contributed by atoms with Gasteiger partial charge >= 0.3 is 0 Å². The van der Waals surface area contributed by atoms with Gasteiger partial charge in [-0.25, -0.2) is 0 Å². The zero-order chi connectivity index (χ0) is 25.8. The SMILES string of the molecule is c1ccc(-c2cccc3sc4ccc(N5c6ccccc6N(c6ccccc6)c6ccccc65)cc4c23)cc1. The molecule has 0 N–H and O–H groups in total. The van der Waals surface area contributed by atoms with Crippen LogP contribution in [-0.2, 0) is 0 Å². The normalized spacial score (nSPS) is 12.5. The van der Waals surface area contributed by atoms with Crippen molar-refractivity contribution in [2.45, 2.75) is 0 Å². The zero-order valence-corrected chi connectivity index (χ0v) is 22.0. The number of anilines is 6. The molecule has 0 bridgehead atoms. The summed E-state index contributed by atoms with van der Waals surface area (Å²) < 4.78 is 2.62. The number of hydrogen-bond donors (Lipinski definition) is 0. The zero-order valence-electron chi connectivity index (χ0n) is 21.2. The van der Waals surface area contributed by atoms with Gasteiger partial charge in [0, 0.05) is 31.5 Å². The van der Waals surface area contributed by atoms with E-state index in [0.717, 1.165) is 11.4 Å². The Morgan fingerprint density at radius 1 is 0.410 bits per heavy atom. The summed E-state index contributed by atoms with van der Waals surface area (Å²) in [5.41, 5.74) is 9.53. The third-order valence-corrected chi connectivity index (χ3v) is 8.70. The highest BCUT2D eigenvalue weighted by Crippen LogP contribution is 2.54.